The number of ketones is 1. The van der Waals surface area contributed by atoms with E-state index in [2.05, 4.69) is 5.32 Å². The van der Waals surface area contributed by atoms with Crippen LogP contribution >= 0.6 is 11.3 Å². The minimum Gasteiger partial charge on any atom is -0.466 e. The highest BCUT2D eigenvalue weighted by Crippen LogP contribution is 2.36. The number of ether oxygens (including phenoxy) is 2. The van der Waals surface area contributed by atoms with Gasteiger partial charge in [0.25, 0.3) is 5.91 Å². The molecule has 1 aromatic heterocycles. The van der Waals surface area contributed by atoms with Crippen LogP contribution in [0.15, 0.2) is 77.7 Å². The van der Waals surface area contributed by atoms with Crippen LogP contribution in [0.2, 0.25) is 0 Å². The van der Waals surface area contributed by atoms with Crippen LogP contribution in [0.25, 0.3) is 0 Å². The summed E-state index contributed by atoms with van der Waals surface area (Å²) in [6, 6.07) is 20.7. The van der Waals surface area contributed by atoms with Crippen molar-refractivity contribution in [1.29, 1.82) is 0 Å². The number of fused-ring (bicyclic) bond motifs is 1. The standard InChI is InChI=1S/C42H48N2O8S2/c1-5-52-39(46)14-9-25-44(28(2)3)54(49,50)34-11-8-10-32(26-34)36(45)27-38-40(35-12-6-7-13-37(35)53-38)41(47)43-33-23-19-30(20-24-33)16-15-29-17-21-31(22-18-29)42(48)51-4/h8,10-11,17-24,26,28H,5-7,9,12-16,25,27H2,1-4H3,(H,43,47). The lowest BCUT2D eigenvalue weighted by atomic mass is 9.93. The number of rotatable bonds is 17. The van der Waals surface area contributed by atoms with Gasteiger partial charge in [-0.25, -0.2) is 13.2 Å². The Morgan fingerprint density at radius 1 is 0.889 bits per heavy atom. The Hall–Kier alpha value is -4.65. The summed E-state index contributed by atoms with van der Waals surface area (Å²) in [6.45, 7) is 5.66. The highest BCUT2D eigenvalue weighted by Gasteiger charge is 2.29. The van der Waals surface area contributed by atoms with Crippen LogP contribution in [0.4, 0.5) is 5.69 Å². The molecule has 10 nitrogen and oxygen atoms in total. The lowest BCUT2D eigenvalue weighted by molar-refractivity contribution is -0.143. The Morgan fingerprint density at radius 3 is 2.20 bits per heavy atom. The fourth-order valence-electron chi connectivity index (χ4n) is 6.65. The predicted molar refractivity (Wildman–Crippen MR) is 210 cm³/mol. The lowest BCUT2D eigenvalue weighted by Crippen LogP contribution is -2.38. The number of anilines is 1. The minimum absolute atomic E-state index is 0.00143. The van der Waals surface area contributed by atoms with Gasteiger partial charge in [0.15, 0.2) is 5.78 Å². The SMILES string of the molecule is CCOC(=O)CCCN(C(C)C)S(=O)(=O)c1cccc(C(=O)Cc2sc3c(c2C(=O)Nc2ccc(CCc4ccc(C(=O)OC)cc4)cc2)CCCC3)c1. The molecule has 1 aliphatic rings. The van der Waals surface area contributed by atoms with Crippen molar-refractivity contribution in [3.8, 4) is 0 Å². The molecule has 12 heteroatoms. The third-order valence-corrected chi connectivity index (χ3v) is 12.8. The van der Waals surface area contributed by atoms with Crippen LogP contribution in [0.3, 0.4) is 0 Å². The second kappa shape index (κ2) is 18.6. The van der Waals surface area contributed by atoms with Crippen molar-refractivity contribution >= 4 is 50.7 Å². The number of methoxy groups -OCH3 is 1. The fourth-order valence-corrected chi connectivity index (χ4v) is 9.77. The molecule has 0 bridgehead atoms. The molecule has 4 aromatic rings. The largest absolute Gasteiger partial charge is 0.466 e. The summed E-state index contributed by atoms with van der Waals surface area (Å²) < 4.78 is 38.6. The van der Waals surface area contributed by atoms with Crippen LogP contribution in [-0.2, 0) is 56.4 Å². The van der Waals surface area contributed by atoms with Crippen molar-refractivity contribution in [1.82, 2.24) is 4.31 Å². The number of benzene rings is 3. The Balaban J connectivity index is 1.28. The highest BCUT2D eigenvalue weighted by atomic mass is 32.2. The topological polar surface area (TPSA) is 136 Å². The van der Waals surface area contributed by atoms with Crippen molar-refractivity contribution < 1.29 is 37.1 Å². The highest BCUT2D eigenvalue weighted by molar-refractivity contribution is 7.89. The summed E-state index contributed by atoms with van der Waals surface area (Å²) in [5, 5.41) is 3.05. The first-order chi connectivity index (χ1) is 25.9. The van der Waals surface area contributed by atoms with E-state index in [1.54, 1.807) is 45.0 Å². The van der Waals surface area contributed by atoms with Gasteiger partial charge in [0, 0.05) is 46.4 Å². The van der Waals surface area contributed by atoms with Gasteiger partial charge in [-0.05, 0) is 119 Å². The number of amides is 1. The molecule has 0 spiro atoms. The van der Waals surface area contributed by atoms with Crippen molar-refractivity contribution in [2.45, 2.75) is 89.5 Å². The number of thiophene rings is 1. The van der Waals surface area contributed by atoms with Gasteiger partial charge in [0.05, 0.1) is 29.7 Å². The van der Waals surface area contributed by atoms with E-state index in [0.717, 1.165) is 60.1 Å². The summed E-state index contributed by atoms with van der Waals surface area (Å²) in [6.07, 6.45) is 5.54. The Labute approximate surface area is 321 Å². The van der Waals surface area contributed by atoms with E-state index in [1.807, 2.05) is 36.4 Å². The number of aryl methyl sites for hydroxylation is 3. The molecule has 1 amide bonds. The van der Waals surface area contributed by atoms with E-state index >= 15 is 0 Å². The van der Waals surface area contributed by atoms with Crippen LogP contribution in [-0.4, -0.2) is 62.7 Å². The van der Waals surface area contributed by atoms with Crippen molar-refractivity contribution in [3.05, 3.63) is 116 Å². The Morgan fingerprint density at radius 2 is 1.56 bits per heavy atom. The monoisotopic (exact) mass is 772 g/mol. The maximum Gasteiger partial charge on any atom is 0.337 e. The van der Waals surface area contributed by atoms with E-state index < -0.39 is 10.0 Å². The van der Waals surface area contributed by atoms with Crippen LogP contribution in [0, 0.1) is 0 Å². The number of carbonyl (C=O) groups is 4. The summed E-state index contributed by atoms with van der Waals surface area (Å²) in [5.41, 5.74) is 5.13. The second-order valence-electron chi connectivity index (χ2n) is 13.6. The number of hydrogen-bond donors (Lipinski definition) is 1. The van der Waals surface area contributed by atoms with Crippen molar-refractivity contribution in [3.63, 3.8) is 0 Å². The zero-order chi connectivity index (χ0) is 38.8. The van der Waals surface area contributed by atoms with Gasteiger partial charge in [-0.15, -0.1) is 11.3 Å². The van der Waals surface area contributed by atoms with Gasteiger partial charge in [-0.2, -0.15) is 4.31 Å². The molecule has 54 heavy (non-hydrogen) atoms. The Kier molecular flexibility index (Phi) is 14.0. The molecule has 1 aliphatic carbocycles. The van der Waals surface area contributed by atoms with E-state index in [9.17, 15) is 27.6 Å². The summed E-state index contributed by atoms with van der Waals surface area (Å²) in [4.78, 5) is 53.1. The fraction of sp³-hybridized carbons (Fsp3) is 0.381. The molecule has 5 rings (SSSR count). The number of sulfonamides is 1. The van der Waals surface area contributed by atoms with Gasteiger partial charge >= 0.3 is 11.9 Å². The van der Waals surface area contributed by atoms with Crippen LogP contribution in [0.1, 0.15) is 104 Å². The molecule has 0 fully saturated rings. The first-order valence-corrected chi connectivity index (χ1v) is 20.7. The van der Waals surface area contributed by atoms with E-state index in [0.29, 0.717) is 28.1 Å². The van der Waals surface area contributed by atoms with Crippen LogP contribution < -0.4 is 5.32 Å². The molecule has 0 aliphatic heterocycles. The summed E-state index contributed by atoms with van der Waals surface area (Å²) in [5.74, 6) is -1.28. The first-order valence-electron chi connectivity index (χ1n) is 18.4. The van der Waals surface area contributed by atoms with E-state index in [-0.39, 0.29) is 66.1 Å². The van der Waals surface area contributed by atoms with Crippen LogP contribution in [0.5, 0.6) is 0 Å². The summed E-state index contributed by atoms with van der Waals surface area (Å²) in [7, 11) is -2.61. The molecule has 1 N–H and O–H groups in total. The maximum atomic E-state index is 13.9. The summed E-state index contributed by atoms with van der Waals surface area (Å²) >= 11 is 1.50. The average Bonchev–Trinajstić information content (AvgIpc) is 3.54. The molecule has 3 aromatic carbocycles. The number of Topliss-reactive ketones (excluding diaryl/α,β-unsaturated/α-hetero) is 1. The third-order valence-electron chi connectivity index (χ3n) is 9.48. The smallest absolute Gasteiger partial charge is 0.337 e. The van der Waals surface area contributed by atoms with E-state index in [1.165, 1.54) is 34.9 Å². The van der Waals surface area contributed by atoms with Gasteiger partial charge < -0.3 is 14.8 Å². The predicted octanol–water partition coefficient (Wildman–Crippen LogP) is 7.62. The normalized spacial score (nSPS) is 12.7. The molecule has 0 atom stereocenters. The third kappa shape index (κ3) is 10.1. The molecule has 0 unspecified atom stereocenters. The maximum absolute atomic E-state index is 13.9. The molecule has 0 saturated heterocycles. The zero-order valence-corrected chi connectivity index (χ0v) is 32.9. The molecule has 1 heterocycles. The zero-order valence-electron chi connectivity index (χ0n) is 31.3. The molecule has 0 saturated carbocycles. The van der Waals surface area contributed by atoms with Gasteiger partial charge in [0.1, 0.15) is 0 Å². The van der Waals surface area contributed by atoms with Gasteiger partial charge in [0.2, 0.25) is 10.0 Å². The lowest BCUT2D eigenvalue weighted by Gasteiger charge is -2.26. The first kappa shape index (κ1) is 40.5. The van der Waals surface area contributed by atoms with Gasteiger partial charge in [-0.1, -0.05) is 36.4 Å². The van der Waals surface area contributed by atoms with Gasteiger partial charge in [-0.3, -0.25) is 14.4 Å². The van der Waals surface area contributed by atoms with Crippen molar-refractivity contribution in [2.24, 2.45) is 0 Å². The molecule has 0 radical (unpaired) electrons. The second-order valence-corrected chi connectivity index (χ2v) is 16.7. The molecular formula is C42H48N2O8S2. The molecule has 286 valence electrons. The number of nitrogens with zero attached hydrogens (tertiary/aromatic N) is 1. The number of esters is 2. The Bertz CT molecular complexity index is 2070. The molecular weight excluding hydrogens is 725 g/mol. The van der Waals surface area contributed by atoms with E-state index in [4.69, 9.17) is 9.47 Å². The minimum atomic E-state index is -3.97. The van der Waals surface area contributed by atoms with Crippen molar-refractivity contribution in [2.75, 3.05) is 25.6 Å². The number of carbonyl (C=O) groups excluding carboxylic acids is 4. The number of nitrogens with one attached hydrogen (secondary N) is 1. The average molecular weight is 773 g/mol. The quantitative estimate of drug-likeness (QED) is 0.0856. The number of hydrogen-bond acceptors (Lipinski definition) is 9.